The highest BCUT2D eigenvalue weighted by Gasteiger charge is 2.06. The number of amides is 1. The number of nitrogens with two attached hydrogens (primary N) is 1. The lowest BCUT2D eigenvalue weighted by molar-refractivity contribution is -0.106. The quantitative estimate of drug-likeness (QED) is 0.775. The van der Waals surface area contributed by atoms with E-state index in [0.717, 1.165) is 11.5 Å². The smallest absolute Gasteiger partial charge is 0.204 e. The van der Waals surface area contributed by atoms with E-state index in [-0.39, 0.29) is 6.41 Å². The first kappa shape index (κ1) is 14.4. The third-order valence-electron chi connectivity index (χ3n) is 2.47. The number of aromatic nitrogens is 1. The van der Waals surface area contributed by atoms with E-state index in [2.05, 4.69) is 55.6 Å². The molecule has 0 aliphatic heterocycles. The summed E-state index contributed by atoms with van der Waals surface area (Å²) in [7, 11) is 2.07. The van der Waals surface area contributed by atoms with Gasteiger partial charge >= 0.3 is 0 Å². The highest BCUT2D eigenvalue weighted by atomic mass is 16.1. The van der Waals surface area contributed by atoms with Gasteiger partial charge in [0.25, 0.3) is 0 Å². The van der Waals surface area contributed by atoms with Gasteiger partial charge in [-0.05, 0) is 39.3 Å². The Morgan fingerprint density at radius 2 is 1.88 bits per heavy atom. The minimum absolute atomic E-state index is 0.250. The third-order valence-corrected chi connectivity index (χ3v) is 2.47. The largest absolute Gasteiger partial charge is 0.372 e. The number of carbonyl (C=O) groups excluding carboxylic acids is 1. The highest BCUT2D eigenvalue weighted by molar-refractivity contribution is 5.42. The first-order valence-corrected chi connectivity index (χ1v) is 5.26. The van der Waals surface area contributed by atoms with Gasteiger partial charge in [-0.15, -0.1) is 0 Å². The Morgan fingerprint density at radius 1 is 1.38 bits per heavy atom. The molecule has 2 N–H and O–H groups in total. The zero-order valence-electron chi connectivity index (χ0n) is 10.7. The van der Waals surface area contributed by atoms with Crippen LogP contribution in [-0.2, 0) is 4.79 Å². The van der Waals surface area contributed by atoms with Gasteiger partial charge < -0.3 is 10.6 Å². The van der Waals surface area contributed by atoms with Crippen LogP contribution in [0.3, 0.4) is 0 Å². The Morgan fingerprint density at radius 3 is 2.25 bits per heavy atom. The van der Waals surface area contributed by atoms with Crippen LogP contribution in [0.25, 0.3) is 0 Å². The number of pyridine rings is 1. The Kier molecular flexibility index (Phi) is 6.15. The van der Waals surface area contributed by atoms with E-state index in [1.807, 2.05) is 6.92 Å². The predicted molar refractivity (Wildman–Crippen MR) is 67.5 cm³/mol. The zero-order chi connectivity index (χ0) is 12.7. The van der Waals surface area contributed by atoms with E-state index in [0.29, 0.717) is 6.04 Å². The molecule has 0 atom stereocenters. The number of hydrogen-bond acceptors (Lipinski definition) is 3. The summed E-state index contributed by atoms with van der Waals surface area (Å²) in [6.07, 6.45) is 0.250. The van der Waals surface area contributed by atoms with Gasteiger partial charge in [0.05, 0.1) is 0 Å². The minimum Gasteiger partial charge on any atom is -0.372 e. The second kappa shape index (κ2) is 6.82. The molecule has 0 radical (unpaired) electrons. The van der Waals surface area contributed by atoms with Crippen molar-refractivity contribution in [3.05, 3.63) is 23.4 Å². The van der Waals surface area contributed by atoms with E-state index in [4.69, 9.17) is 4.79 Å². The van der Waals surface area contributed by atoms with Gasteiger partial charge in [0.1, 0.15) is 5.82 Å². The molecule has 1 amide bonds. The molecule has 0 saturated heterocycles. The zero-order valence-corrected chi connectivity index (χ0v) is 10.7. The van der Waals surface area contributed by atoms with Crippen LogP contribution in [0.4, 0.5) is 5.82 Å². The normalized spacial score (nSPS) is 9.38. The Balaban J connectivity index is 0.000000673. The number of primary amides is 1. The SMILES string of the molecule is Cc1ccc(N(C)C(C)C)nc1C.NC=O. The van der Waals surface area contributed by atoms with E-state index in [1.54, 1.807) is 0 Å². The number of aryl methyl sites for hydroxylation is 2. The van der Waals surface area contributed by atoms with Crippen molar-refractivity contribution in [3.63, 3.8) is 0 Å². The van der Waals surface area contributed by atoms with Crippen molar-refractivity contribution in [2.45, 2.75) is 33.7 Å². The molecule has 0 aromatic carbocycles. The van der Waals surface area contributed by atoms with Gasteiger partial charge in [-0.3, -0.25) is 4.79 Å². The summed E-state index contributed by atoms with van der Waals surface area (Å²) in [5.41, 5.74) is 6.53. The maximum Gasteiger partial charge on any atom is 0.204 e. The van der Waals surface area contributed by atoms with Crippen LogP contribution in [0.2, 0.25) is 0 Å². The number of anilines is 1. The van der Waals surface area contributed by atoms with E-state index < -0.39 is 0 Å². The summed E-state index contributed by atoms with van der Waals surface area (Å²) in [5.74, 6) is 1.05. The Labute approximate surface area is 97.5 Å². The molecular formula is C12H21N3O. The third kappa shape index (κ3) is 4.29. The molecule has 0 bridgehead atoms. The molecule has 4 nitrogen and oxygen atoms in total. The monoisotopic (exact) mass is 223 g/mol. The van der Waals surface area contributed by atoms with E-state index in [9.17, 15) is 0 Å². The lowest BCUT2D eigenvalue weighted by Gasteiger charge is -2.23. The molecule has 0 saturated carbocycles. The molecule has 1 rings (SSSR count). The van der Waals surface area contributed by atoms with E-state index in [1.165, 1.54) is 5.56 Å². The molecule has 1 aromatic heterocycles. The average Bonchev–Trinajstić information content (AvgIpc) is 2.22. The van der Waals surface area contributed by atoms with Crippen LogP contribution < -0.4 is 10.6 Å². The summed E-state index contributed by atoms with van der Waals surface area (Å²) in [6, 6.07) is 4.69. The van der Waals surface area contributed by atoms with Crippen LogP contribution in [0, 0.1) is 13.8 Å². The maximum absolute atomic E-state index is 8.58. The minimum atomic E-state index is 0.250. The van der Waals surface area contributed by atoms with Crippen molar-refractivity contribution in [1.29, 1.82) is 0 Å². The molecule has 0 spiro atoms. The number of rotatable bonds is 2. The molecule has 16 heavy (non-hydrogen) atoms. The van der Waals surface area contributed by atoms with E-state index >= 15 is 0 Å². The van der Waals surface area contributed by atoms with Crippen LogP contribution in [0.1, 0.15) is 25.1 Å². The molecule has 0 fully saturated rings. The molecule has 0 aliphatic carbocycles. The molecule has 1 aromatic rings. The van der Waals surface area contributed by atoms with Crippen molar-refractivity contribution in [2.24, 2.45) is 5.73 Å². The number of hydrogen-bond donors (Lipinski definition) is 1. The second-order valence-electron chi connectivity index (χ2n) is 3.91. The van der Waals surface area contributed by atoms with Gasteiger partial charge in [0, 0.05) is 18.8 Å². The molecule has 0 unspecified atom stereocenters. The van der Waals surface area contributed by atoms with Gasteiger partial charge in [-0.2, -0.15) is 0 Å². The Bertz CT molecular complexity index is 337. The van der Waals surface area contributed by atoms with Gasteiger partial charge in [0.15, 0.2) is 0 Å². The molecule has 0 aliphatic rings. The molecular weight excluding hydrogens is 202 g/mol. The summed E-state index contributed by atoms with van der Waals surface area (Å²) in [5, 5.41) is 0. The van der Waals surface area contributed by atoms with Crippen LogP contribution in [0.15, 0.2) is 12.1 Å². The van der Waals surface area contributed by atoms with Crippen molar-refractivity contribution in [1.82, 2.24) is 4.98 Å². The van der Waals surface area contributed by atoms with Gasteiger partial charge in [-0.25, -0.2) is 4.98 Å². The van der Waals surface area contributed by atoms with Crippen molar-refractivity contribution >= 4 is 12.2 Å². The van der Waals surface area contributed by atoms with Crippen molar-refractivity contribution in [3.8, 4) is 0 Å². The standard InChI is InChI=1S/C11H18N2.CH3NO/c1-8(2)13(5)11-7-6-9(3)10(4)12-11;2-1-3/h6-8H,1-5H3;1H,(H2,2,3). The first-order chi connectivity index (χ1) is 7.43. The van der Waals surface area contributed by atoms with Crippen LogP contribution in [-0.4, -0.2) is 24.5 Å². The fourth-order valence-electron chi connectivity index (χ4n) is 1.08. The predicted octanol–water partition coefficient (Wildman–Crippen LogP) is 1.64. The first-order valence-electron chi connectivity index (χ1n) is 5.26. The fourth-order valence-corrected chi connectivity index (χ4v) is 1.08. The summed E-state index contributed by atoms with van der Waals surface area (Å²) < 4.78 is 0. The van der Waals surface area contributed by atoms with Crippen LogP contribution >= 0.6 is 0 Å². The molecule has 90 valence electrons. The highest BCUT2D eigenvalue weighted by Crippen LogP contribution is 2.14. The van der Waals surface area contributed by atoms with Crippen LogP contribution in [0.5, 0.6) is 0 Å². The fraction of sp³-hybridized carbons (Fsp3) is 0.500. The molecule has 1 heterocycles. The maximum atomic E-state index is 8.58. The van der Waals surface area contributed by atoms with Gasteiger partial charge in [0.2, 0.25) is 6.41 Å². The van der Waals surface area contributed by atoms with Crippen molar-refractivity contribution < 1.29 is 4.79 Å². The average molecular weight is 223 g/mol. The molecule has 4 heteroatoms. The summed E-state index contributed by atoms with van der Waals surface area (Å²) in [4.78, 5) is 15.3. The Hall–Kier alpha value is -1.58. The number of nitrogens with zero attached hydrogens (tertiary/aromatic N) is 2. The topological polar surface area (TPSA) is 59.2 Å². The lowest BCUT2D eigenvalue weighted by Crippen LogP contribution is -2.26. The van der Waals surface area contributed by atoms with Crippen molar-refractivity contribution in [2.75, 3.05) is 11.9 Å². The van der Waals surface area contributed by atoms with Gasteiger partial charge in [-0.1, -0.05) is 6.07 Å². The number of carbonyl (C=O) groups is 1. The summed E-state index contributed by atoms with van der Waals surface area (Å²) in [6.45, 7) is 8.46. The second-order valence-corrected chi connectivity index (χ2v) is 3.91. The summed E-state index contributed by atoms with van der Waals surface area (Å²) >= 11 is 0. The lowest BCUT2D eigenvalue weighted by atomic mass is 10.2.